The van der Waals surface area contributed by atoms with Gasteiger partial charge in [0.05, 0.1) is 22.8 Å². The number of unbranched alkanes of at least 4 members (excludes halogenated alkanes) is 3. The van der Waals surface area contributed by atoms with Gasteiger partial charge in [-0.3, -0.25) is 40.2 Å². The van der Waals surface area contributed by atoms with Crippen LogP contribution in [0.5, 0.6) is 0 Å². The fraction of sp³-hybridized carbons (Fsp3) is 0.163. The minimum Gasteiger partial charge on any atom is -0.697 e. The number of rotatable bonds is 22. The van der Waals surface area contributed by atoms with Crippen molar-refractivity contribution in [3.8, 4) is 22.8 Å². The summed E-state index contributed by atoms with van der Waals surface area (Å²) in [6.45, 7) is 1.90. The van der Waals surface area contributed by atoms with Gasteiger partial charge in [0.2, 0.25) is 0 Å². The van der Waals surface area contributed by atoms with E-state index in [0.717, 1.165) is 55.2 Å². The number of carbonyl (C=O) groups is 3. The van der Waals surface area contributed by atoms with Gasteiger partial charge >= 0.3 is 31.8 Å². The first kappa shape index (κ1) is 60.4. The summed E-state index contributed by atoms with van der Waals surface area (Å²) in [5, 5.41) is 14.2. The number of nitrogens with zero attached hydrogens (tertiary/aromatic N) is 4. The van der Waals surface area contributed by atoms with Gasteiger partial charge in [-0.25, -0.2) is 4.98 Å². The van der Waals surface area contributed by atoms with E-state index < -0.39 is 53.2 Å². The van der Waals surface area contributed by atoms with Crippen LogP contribution in [-0.4, -0.2) is 63.1 Å². The molecule has 0 aliphatic rings. The van der Waals surface area contributed by atoms with E-state index in [1.807, 2.05) is 12.1 Å². The minimum absolute atomic E-state index is 0. The van der Waals surface area contributed by atoms with Crippen molar-refractivity contribution in [2.45, 2.75) is 51.4 Å². The molecule has 5 aromatic heterocycles. The van der Waals surface area contributed by atoms with Crippen LogP contribution in [0, 0.1) is 10.8 Å². The number of carbonyl (C=O) groups excluding carboxylic acids is 3. The Labute approximate surface area is 432 Å². The summed E-state index contributed by atoms with van der Waals surface area (Å²) < 4.78 is 130. The number of hydrogen-bond acceptors (Lipinski definition) is 13. The van der Waals surface area contributed by atoms with Gasteiger partial charge in [0, 0.05) is 51.8 Å². The molecule has 5 aromatic rings. The molecule has 0 atom stereocenters. The molecule has 25 heteroatoms. The van der Waals surface area contributed by atoms with E-state index in [4.69, 9.17) is 22.3 Å². The molecule has 4 N–H and O–H groups in total. The van der Waals surface area contributed by atoms with Gasteiger partial charge in [0.15, 0.2) is 0 Å². The molecule has 388 valence electrons. The number of alkyl halides is 6. The molecule has 0 unspecified atom stereocenters. The second-order valence-electron chi connectivity index (χ2n) is 14.7. The number of halogens is 9. The van der Waals surface area contributed by atoms with Crippen LogP contribution in [0.25, 0.3) is 76.0 Å². The number of aryl methyl sites for hydroxylation is 1. The molecule has 5 heterocycles. The van der Waals surface area contributed by atoms with Gasteiger partial charge in [0.25, 0.3) is 37.5 Å². The zero-order valence-corrected chi connectivity index (χ0v) is 40.7. The minimum atomic E-state index is -5.00. The van der Waals surface area contributed by atoms with Crippen LogP contribution in [0.3, 0.4) is 0 Å². The fourth-order valence-corrected chi connectivity index (χ4v) is 6.89. The predicted octanol–water partition coefficient (Wildman–Crippen LogP) is 13.9. The van der Waals surface area contributed by atoms with E-state index in [0.29, 0.717) is 0 Å². The number of aromatic nitrogens is 4. The first-order valence-electron chi connectivity index (χ1n) is 21.0. The Morgan fingerprint density at radius 3 is 1.47 bits per heavy atom. The first-order valence-corrected chi connectivity index (χ1v) is 21.8. The van der Waals surface area contributed by atoms with Crippen LogP contribution in [-0.2, 0) is 54.5 Å². The Morgan fingerprint density at radius 1 is 0.595 bits per heavy atom. The molecule has 0 aromatic carbocycles. The van der Waals surface area contributed by atoms with E-state index in [1.54, 1.807) is 23.5 Å². The third-order valence-electron chi connectivity index (χ3n) is 9.25. The van der Waals surface area contributed by atoms with E-state index in [-0.39, 0.29) is 107 Å². The SMILES string of the molecule is CCCCCCc1ccc(/C=C/c2cc(/C([NH-])=C/C(=N)C(F)(F)F)nc(/C([NH-])=C/C(=N)C(F)(F)F)c2)s1.O=CO/C(F)=C/c1ccnc(-c2cc(/C=C(\F)OC=O)cc(-c3cc(/C=C(\F)OC=O)ccn3)n2)c1.[Ru+2]. The van der Waals surface area contributed by atoms with E-state index in [9.17, 15) is 53.9 Å². The third kappa shape index (κ3) is 19.9. The standard InChI is InChI=1S/C25H25F6N5S.C24H14F3N3O6.Ru/c1-2-3-4-5-6-16-9-10-17(37-16)8-7-15-11-20(18(32)13-22(34)24(26,27)28)36-21(12-15)19(33)14-23(35)25(29,30)31;25-22(34-12-31)9-15-1-3-28-18(5-15)20-7-17(11-24(27)36-14-33)8-21(30-20)19-6-16(2-4-29-19)10-23(26)35-13-32;/h7-14,32-35H,2-6H2,1H3;1-14H;/q-2;;+2/b8-7+,18-13-,19-14-,34-22?,35-23?;22-9+,23-10+,24-11+;. The normalized spacial score (nSPS) is 12.5. The molecule has 0 fully saturated rings. The van der Waals surface area contributed by atoms with Crippen molar-refractivity contribution in [3.05, 3.63) is 158 Å². The third-order valence-corrected chi connectivity index (χ3v) is 10.4. The number of allylic oxidation sites excluding steroid dienone is 2. The van der Waals surface area contributed by atoms with Gasteiger partial charge < -0.3 is 25.7 Å². The van der Waals surface area contributed by atoms with Crippen molar-refractivity contribution < 1.29 is 87.6 Å². The van der Waals surface area contributed by atoms with Crippen molar-refractivity contribution in [1.29, 1.82) is 10.8 Å². The summed E-state index contributed by atoms with van der Waals surface area (Å²) in [6, 6.07) is 11.4. The quantitative estimate of drug-likeness (QED) is 0.0127. The van der Waals surface area contributed by atoms with Gasteiger partial charge in [0.1, 0.15) is 11.4 Å². The van der Waals surface area contributed by atoms with Crippen LogP contribution in [0.1, 0.15) is 76.0 Å². The average Bonchev–Trinajstić information content (AvgIpc) is 3.79. The fourth-order valence-electron chi connectivity index (χ4n) is 5.93. The van der Waals surface area contributed by atoms with Crippen molar-refractivity contribution >= 4 is 84.0 Å². The second-order valence-corrected chi connectivity index (χ2v) is 15.9. The average molecular weight is 1140 g/mol. The summed E-state index contributed by atoms with van der Waals surface area (Å²) in [6.07, 6.45) is 4.61. The molecular weight excluding hydrogens is 1100 g/mol. The topological polar surface area (TPSA) is 226 Å². The Hall–Kier alpha value is -7.92. The second kappa shape index (κ2) is 29.0. The zero-order chi connectivity index (χ0) is 53.7. The number of thiophene rings is 1. The monoisotopic (exact) mass is 1140 g/mol. The van der Waals surface area contributed by atoms with E-state index in [1.165, 1.54) is 65.8 Å². The molecule has 0 radical (unpaired) electrons. The molecule has 0 bridgehead atoms. The summed E-state index contributed by atoms with van der Waals surface area (Å²) in [5.41, 5.74) is 11.7. The molecule has 5 rings (SSSR count). The van der Waals surface area contributed by atoms with Crippen LogP contribution in [0.15, 0.2) is 103 Å². The summed E-state index contributed by atoms with van der Waals surface area (Å²) >= 11 is 1.55. The summed E-state index contributed by atoms with van der Waals surface area (Å²) in [7, 11) is 0. The number of nitrogens with one attached hydrogen (secondary N) is 4. The molecule has 0 amide bonds. The Bertz CT molecular complexity index is 2840. The molecule has 0 saturated heterocycles. The first-order chi connectivity index (χ1) is 34.6. The van der Waals surface area contributed by atoms with Crippen LogP contribution in [0.4, 0.5) is 39.5 Å². The molecule has 0 spiro atoms. The maximum absolute atomic E-state index is 13.9. The molecule has 0 aliphatic heterocycles. The Kier molecular flexibility index (Phi) is 23.6. The summed E-state index contributed by atoms with van der Waals surface area (Å²) in [5.74, 6) is 0. The largest absolute Gasteiger partial charge is 2.00 e. The van der Waals surface area contributed by atoms with Crippen LogP contribution >= 0.6 is 11.3 Å². The maximum Gasteiger partial charge on any atom is 2.00 e. The van der Waals surface area contributed by atoms with Crippen molar-refractivity contribution in [2.75, 3.05) is 0 Å². The number of hydrogen-bond donors (Lipinski definition) is 2. The number of ether oxygens (including phenoxy) is 3. The smallest absolute Gasteiger partial charge is 0.697 e. The van der Waals surface area contributed by atoms with Gasteiger partial charge in [-0.1, -0.05) is 32.3 Å². The van der Waals surface area contributed by atoms with Gasteiger partial charge in [-0.15, -0.1) is 22.7 Å². The molecular formula is C49H39F9N8O6RuS. The summed E-state index contributed by atoms with van der Waals surface area (Å²) in [4.78, 5) is 49.8. The Balaban J connectivity index is 0.000000385. The van der Waals surface area contributed by atoms with Crippen LogP contribution in [0.2, 0.25) is 0 Å². The predicted molar refractivity (Wildman–Crippen MR) is 257 cm³/mol. The van der Waals surface area contributed by atoms with Crippen molar-refractivity contribution in [1.82, 2.24) is 19.9 Å². The number of pyridine rings is 4. The van der Waals surface area contributed by atoms with Crippen LogP contribution < -0.4 is 0 Å². The van der Waals surface area contributed by atoms with Gasteiger partial charge in [-0.05, 0) is 114 Å². The Morgan fingerprint density at radius 2 is 1.04 bits per heavy atom. The molecule has 0 aliphatic carbocycles. The van der Waals surface area contributed by atoms with Crippen molar-refractivity contribution in [3.63, 3.8) is 0 Å². The van der Waals surface area contributed by atoms with E-state index in [2.05, 4.69) is 41.1 Å². The van der Waals surface area contributed by atoms with E-state index >= 15 is 0 Å². The molecule has 0 saturated carbocycles. The van der Waals surface area contributed by atoms with Gasteiger partial charge in [-0.2, -0.15) is 39.5 Å². The molecule has 14 nitrogen and oxygen atoms in total. The zero-order valence-electron chi connectivity index (χ0n) is 38.1. The maximum atomic E-state index is 13.9. The van der Waals surface area contributed by atoms with Crippen molar-refractivity contribution in [2.24, 2.45) is 0 Å². The molecule has 74 heavy (non-hydrogen) atoms.